The molecule has 0 spiro atoms. The molecule has 1 aliphatic rings. The van der Waals surface area contributed by atoms with Gasteiger partial charge in [0.25, 0.3) is 0 Å². The summed E-state index contributed by atoms with van der Waals surface area (Å²) in [6.45, 7) is 4.41. The van der Waals surface area contributed by atoms with Crippen LogP contribution >= 0.6 is 0 Å². The molecule has 0 bridgehead atoms. The number of para-hydroxylation sites is 1. The Morgan fingerprint density at radius 3 is 2.39 bits per heavy atom. The van der Waals surface area contributed by atoms with E-state index in [0.29, 0.717) is 13.0 Å². The number of nitrogens with one attached hydrogen (secondary N) is 2. The number of aromatic nitrogens is 1. The van der Waals surface area contributed by atoms with Gasteiger partial charge in [-0.3, -0.25) is 19.3 Å². The lowest BCUT2D eigenvalue weighted by molar-refractivity contribution is -0.192. The van der Waals surface area contributed by atoms with Gasteiger partial charge in [0.15, 0.2) is 0 Å². The van der Waals surface area contributed by atoms with E-state index in [1.807, 2.05) is 79.9 Å². The zero-order valence-electron chi connectivity index (χ0n) is 26.8. The van der Waals surface area contributed by atoms with Gasteiger partial charge in [0.1, 0.15) is 12.1 Å². The van der Waals surface area contributed by atoms with E-state index in [-0.39, 0.29) is 25.6 Å². The van der Waals surface area contributed by atoms with Crippen molar-refractivity contribution in [3.8, 4) is 11.8 Å². The average Bonchev–Trinajstić information content (AvgIpc) is 3.61. The van der Waals surface area contributed by atoms with Gasteiger partial charge in [-0.25, -0.2) is 0 Å². The fourth-order valence-corrected chi connectivity index (χ4v) is 5.70. The van der Waals surface area contributed by atoms with Crippen LogP contribution in [-0.2, 0) is 32.1 Å². The lowest BCUT2D eigenvalue weighted by atomic mass is 9.91. The topological polar surface area (TPSA) is 107 Å². The summed E-state index contributed by atoms with van der Waals surface area (Å²) >= 11 is 0. The first-order valence-electron chi connectivity index (χ1n) is 15.6. The number of ether oxygens (including phenoxy) is 1. The third-order valence-corrected chi connectivity index (χ3v) is 8.08. The van der Waals surface area contributed by atoms with Crippen molar-refractivity contribution in [3.05, 3.63) is 107 Å². The van der Waals surface area contributed by atoms with E-state index in [1.54, 1.807) is 31.0 Å². The van der Waals surface area contributed by atoms with Crippen LogP contribution in [0, 0.1) is 24.7 Å². The van der Waals surface area contributed by atoms with Crippen molar-refractivity contribution in [2.24, 2.45) is 5.92 Å². The maximum atomic E-state index is 13.8. The molecule has 4 aromatic rings. The summed E-state index contributed by atoms with van der Waals surface area (Å²) in [6.07, 6.45) is 0.962. The molecule has 1 aromatic heterocycles. The molecule has 1 saturated heterocycles. The second-order valence-electron chi connectivity index (χ2n) is 12.1. The van der Waals surface area contributed by atoms with Gasteiger partial charge in [-0.1, -0.05) is 59.9 Å². The predicted molar refractivity (Wildman–Crippen MR) is 178 cm³/mol. The Labute approximate surface area is 270 Å². The monoisotopic (exact) mass is 622 g/mol. The predicted octanol–water partition coefficient (Wildman–Crippen LogP) is 3.82. The molecule has 3 aromatic carbocycles. The normalized spacial score (nSPS) is 18.7. The first kappa shape index (κ1) is 32.9. The third kappa shape index (κ3) is 8.42. The van der Waals surface area contributed by atoms with Crippen LogP contribution in [-0.4, -0.2) is 84.0 Å². The number of fused-ring (bicyclic) bond motifs is 1. The molecule has 0 saturated carbocycles. The molecule has 46 heavy (non-hydrogen) atoms. The second kappa shape index (κ2) is 15.2. The number of likely N-dealkylation sites (N-methyl/N-ethyl adjacent to an activating group) is 1. The van der Waals surface area contributed by atoms with Crippen LogP contribution in [0.3, 0.4) is 0 Å². The zero-order valence-corrected chi connectivity index (χ0v) is 26.8. The number of carbonyl (C=O) groups is 2. The van der Waals surface area contributed by atoms with Crippen LogP contribution in [0.25, 0.3) is 10.9 Å². The fourth-order valence-electron chi connectivity index (χ4n) is 5.70. The van der Waals surface area contributed by atoms with Crippen LogP contribution in [0.5, 0.6) is 0 Å². The second-order valence-corrected chi connectivity index (χ2v) is 12.1. The quantitative estimate of drug-likeness (QED) is 0.173. The van der Waals surface area contributed by atoms with E-state index in [2.05, 4.69) is 28.2 Å². The number of hydrogen-bond donors (Lipinski definition) is 3. The van der Waals surface area contributed by atoms with Gasteiger partial charge < -0.3 is 20.1 Å². The maximum absolute atomic E-state index is 13.8. The minimum absolute atomic E-state index is 0.0627. The number of aryl methyl sites for hydroxylation is 1. The van der Waals surface area contributed by atoms with Gasteiger partial charge in [0.05, 0.1) is 31.7 Å². The molecule has 5 rings (SSSR count). The minimum Gasteiger partial charge on any atom is -0.464 e. The van der Waals surface area contributed by atoms with Crippen molar-refractivity contribution < 1.29 is 24.3 Å². The van der Waals surface area contributed by atoms with E-state index in [9.17, 15) is 14.7 Å². The summed E-state index contributed by atoms with van der Waals surface area (Å²) in [5, 5.41) is 16.5. The van der Waals surface area contributed by atoms with Gasteiger partial charge in [0, 0.05) is 34.8 Å². The van der Waals surface area contributed by atoms with Crippen LogP contribution in [0.2, 0.25) is 0 Å². The number of aliphatic hydroxyl groups excluding tert-OH is 1. The van der Waals surface area contributed by atoms with Crippen molar-refractivity contribution >= 4 is 22.8 Å². The first-order valence-corrected chi connectivity index (χ1v) is 15.6. The molecule has 1 aliphatic heterocycles. The third-order valence-electron chi connectivity index (χ3n) is 8.08. The lowest BCUT2D eigenvalue weighted by Gasteiger charge is -2.25. The van der Waals surface area contributed by atoms with Crippen LogP contribution in [0.1, 0.15) is 34.7 Å². The molecule has 3 N–H and O–H groups in total. The van der Waals surface area contributed by atoms with Crippen LogP contribution < -0.4 is 5.32 Å². The number of amides is 1. The highest BCUT2D eigenvalue weighted by Gasteiger charge is 2.49. The number of H-pyrrole nitrogens is 1. The van der Waals surface area contributed by atoms with Crippen molar-refractivity contribution in [1.29, 1.82) is 0 Å². The largest absolute Gasteiger partial charge is 0.464 e. The highest BCUT2D eigenvalue weighted by molar-refractivity contribution is 5.84. The van der Waals surface area contributed by atoms with E-state index >= 15 is 0 Å². The number of nitrogens with zero attached hydrogens (tertiary/aromatic N) is 2. The van der Waals surface area contributed by atoms with E-state index in [1.165, 1.54) is 5.56 Å². The molecule has 240 valence electrons. The van der Waals surface area contributed by atoms with Crippen molar-refractivity contribution in [3.63, 3.8) is 0 Å². The number of aromatic amines is 1. The molecular weight excluding hydrogens is 580 g/mol. The summed E-state index contributed by atoms with van der Waals surface area (Å²) in [7, 11) is 3.56. The van der Waals surface area contributed by atoms with E-state index in [4.69, 9.17) is 9.57 Å². The standard InChI is InChI=1S/C37H42N4O5/c1-25-9-11-27(12-10-25)13-14-28-15-17-29(18-16-28)22-41-35(32(36(46-41)26(2)42)24-45-34(43)23-40(3)4)37(44)38-20-19-30-21-39-33-8-6-5-7-31(30)33/h5-12,15-18,21,26,32,35-36,39,42H,19-20,22-24H2,1-4H3,(H,38,44)/t26-,32-,35-,36-/m0/s1. The number of aliphatic hydroxyl groups is 1. The number of rotatable bonds is 11. The van der Waals surface area contributed by atoms with Gasteiger partial charge in [-0.05, 0) is 75.8 Å². The number of hydrogen-bond acceptors (Lipinski definition) is 7. The molecule has 0 radical (unpaired) electrons. The summed E-state index contributed by atoms with van der Waals surface area (Å²) in [6, 6.07) is 23.1. The maximum Gasteiger partial charge on any atom is 0.320 e. The summed E-state index contributed by atoms with van der Waals surface area (Å²) < 4.78 is 5.60. The van der Waals surface area contributed by atoms with Gasteiger partial charge in [-0.15, -0.1) is 0 Å². The Morgan fingerprint density at radius 1 is 1.04 bits per heavy atom. The van der Waals surface area contributed by atoms with E-state index < -0.39 is 30.1 Å². The first-order chi connectivity index (χ1) is 22.2. The molecule has 1 fully saturated rings. The number of benzene rings is 3. The molecule has 0 unspecified atom stereocenters. The Kier molecular flexibility index (Phi) is 10.9. The molecule has 0 aliphatic carbocycles. The lowest BCUT2D eigenvalue weighted by Crippen LogP contribution is -2.48. The van der Waals surface area contributed by atoms with Crippen LogP contribution in [0.4, 0.5) is 0 Å². The van der Waals surface area contributed by atoms with Gasteiger partial charge >= 0.3 is 5.97 Å². The minimum atomic E-state index is -0.900. The number of esters is 1. The zero-order chi connectivity index (χ0) is 32.6. The average molecular weight is 623 g/mol. The number of hydroxylamine groups is 2. The Bertz CT molecular complexity index is 1680. The smallest absolute Gasteiger partial charge is 0.320 e. The molecular formula is C37H42N4O5. The van der Waals surface area contributed by atoms with Crippen molar-refractivity contribution in [1.82, 2.24) is 20.3 Å². The fraction of sp³-hybridized carbons (Fsp3) is 0.351. The summed E-state index contributed by atoms with van der Waals surface area (Å²) in [5.74, 6) is 5.14. The number of carbonyl (C=O) groups excluding carboxylic acids is 2. The highest BCUT2D eigenvalue weighted by Crippen LogP contribution is 2.32. The Hall–Kier alpha value is -4.46. The summed E-state index contributed by atoms with van der Waals surface area (Å²) in [5.41, 5.74) is 6.06. The molecule has 9 heteroatoms. The van der Waals surface area contributed by atoms with Crippen molar-refractivity contribution in [2.45, 2.75) is 45.1 Å². The Morgan fingerprint density at radius 2 is 1.72 bits per heavy atom. The summed E-state index contributed by atoms with van der Waals surface area (Å²) in [4.78, 5) is 37.5. The Balaban J connectivity index is 1.31. The van der Waals surface area contributed by atoms with Gasteiger partial charge in [-0.2, -0.15) is 5.06 Å². The van der Waals surface area contributed by atoms with Gasteiger partial charge in [0.2, 0.25) is 5.91 Å². The highest BCUT2D eigenvalue weighted by atomic mass is 16.7. The van der Waals surface area contributed by atoms with Crippen LogP contribution in [0.15, 0.2) is 79.0 Å². The van der Waals surface area contributed by atoms with E-state index in [0.717, 1.165) is 33.2 Å². The molecule has 2 heterocycles. The molecule has 4 atom stereocenters. The molecule has 1 amide bonds. The van der Waals surface area contributed by atoms with Crippen molar-refractivity contribution in [2.75, 3.05) is 33.8 Å². The molecule has 9 nitrogen and oxygen atoms in total. The SMILES string of the molecule is Cc1ccc(C#Cc2ccc(CN3O[C@@H]([C@H](C)O)[C@@H](COC(=O)CN(C)C)[C@H]3C(=O)NCCc3c[nH]c4ccccc34)cc2)cc1.